The molecule has 0 heterocycles. The summed E-state index contributed by atoms with van der Waals surface area (Å²) in [6.45, 7) is 1.88. The Balaban J connectivity index is 1.93. The van der Waals surface area contributed by atoms with Gasteiger partial charge in [0, 0.05) is 16.8 Å². The molecule has 32 heavy (non-hydrogen) atoms. The summed E-state index contributed by atoms with van der Waals surface area (Å²) < 4.78 is 39.4. The third-order valence-corrected chi connectivity index (χ3v) is 4.55. The lowest BCUT2D eigenvalue weighted by Crippen LogP contribution is -2.28. The molecule has 0 saturated heterocycles. The van der Waals surface area contributed by atoms with Gasteiger partial charge in [-0.05, 0) is 42.8 Å². The third kappa shape index (κ3) is 5.57. The van der Waals surface area contributed by atoms with Crippen molar-refractivity contribution in [3.8, 4) is 0 Å². The highest BCUT2D eigenvalue weighted by atomic mass is 19.4. The van der Waals surface area contributed by atoms with E-state index < -0.39 is 29.2 Å². The number of rotatable bonds is 6. The minimum Gasteiger partial charge on any atom is -0.322 e. The Morgan fingerprint density at radius 1 is 0.812 bits per heavy atom. The van der Waals surface area contributed by atoms with Crippen molar-refractivity contribution in [1.82, 2.24) is 0 Å². The number of nitrogens with one attached hydrogen (secondary N) is 1. The molecule has 0 fully saturated rings. The number of carbonyl (C=O) groups is 3. The number of halogens is 3. The quantitative estimate of drug-likeness (QED) is 0.235. The average molecular weight is 437 g/mol. The molecule has 0 radical (unpaired) electrons. The number of ketones is 2. The number of Topliss-reactive ketones (excluding diaryl/α,β-unsaturated/α-hetero) is 2. The molecule has 1 amide bonds. The van der Waals surface area contributed by atoms with Crippen molar-refractivity contribution in [2.75, 3.05) is 5.32 Å². The molecule has 3 aromatic rings. The number of alkyl halides is 3. The van der Waals surface area contributed by atoms with Crippen LogP contribution < -0.4 is 5.32 Å². The standard InChI is InChI=1S/C25H18F3NO3/c1-16-10-12-19(13-11-16)24(32)29-20-9-5-6-17(14-20)15-21(23(31)25(26,27)28)22(30)18-7-3-2-4-8-18/h2-15H,1H3,(H,29,32)/b21-15-. The van der Waals surface area contributed by atoms with E-state index in [4.69, 9.17) is 0 Å². The van der Waals surface area contributed by atoms with Crippen LogP contribution in [0, 0.1) is 6.92 Å². The van der Waals surface area contributed by atoms with Crippen LogP contribution in [0.4, 0.5) is 18.9 Å². The van der Waals surface area contributed by atoms with Gasteiger partial charge in [-0.3, -0.25) is 14.4 Å². The van der Waals surface area contributed by atoms with Crippen molar-refractivity contribution in [2.24, 2.45) is 0 Å². The van der Waals surface area contributed by atoms with Crippen molar-refractivity contribution in [2.45, 2.75) is 13.1 Å². The van der Waals surface area contributed by atoms with Crippen molar-refractivity contribution in [3.63, 3.8) is 0 Å². The Kier molecular flexibility index (Phi) is 6.68. The molecule has 0 atom stereocenters. The van der Waals surface area contributed by atoms with Crippen LogP contribution in [0.25, 0.3) is 6.08 Å². The number of aryl methyl sites for hydroxylation is 1. The summed E-state index contributed by atoms with van der Waals surface area (Å²) in [7, 11) is 0. The number of allylic oxidation sites excluding steroid dienone is 1. The van der Waals surface area contributed by atoms with Crippen molar-refractivity contribution < 1.29 is 27.6 Å². The van der Waals surface area contributed by atoms with Crippen molar-refractivity contribution >= 4 is 29.2 Å². The summed E-state index contributed by atoms with van der Waals surface area (Å²) in [6, 6.07) is 20.0. The second kappa shape index (κ2) is 9.43. The van der Waals surface area contributed by atoms with E-state index in [1.165, 1.54) is 42.5 Å². The molecule has 0 aliphatic carbocycles. The smallest absolute Gasteiger partial charge is 0.322 e. The van der Waals surface area contributed by atoms with E-state index in [0.717, 1.165) is 11.6 Å². The maximum atomic E-state index is 13.1. The Morgan fingerprint density at radius 3 is 2.09 bits per heavy atom. The number of hydrogen-bond donors (Lipinski definition) is 1. The van der Waals surface area contributed by atoms with Crippen molar-refractivity contribution in [1.29, 1.82) is 0 Å². The monoisotopic (exact) mass is 437 g/mol. The first-order chi connectivity index (χ1) is 15.1. The van der Waals surface area contributed by atoms with Gasteiger partial charge >= 0.3 is 6.18 Å². The summed E-state index contributed by atoms with van der Waals surface area (Å²) in [4.78, 5) is 37.0. The molecule has 1 N–H and O–H groups in total. The highest BCUT2D eigenvalue weighted by molar-refractivity contribution is 6.30. The van der Waals surface area contributed by atoms with Gasteiger partial charge in [0.25, 0.3) is 11.7 Å². The third-order valence-electron chi connectivity index (χ3n) is 4.55. The predicted molar refractivity (Wildman–Crippen MR) is 115 cm³/mol. The molecule has 0 spiro atoms. The van der Waals surface area contributed by atoms with Gasteiger partial charge in [-0.2, -0.15) is 13.2 Å². The minimum atomic E-state index is -5.21. The zero-order valence-electron chi connectivity index (χ0n) is 16.9. The Morgan fingerprint density at radius 2 is 1.47 bits per heavy atom. The summed E-state index contributed by atoms with van der Waals surface area (Å²) in [5, 5.41) is 2.65. The fourth-order valence-electron chi connectivity index (χ4n) is 2.91. The maximum absolute atomic E-state index is 13.1. The number of benzene rings is 3. The van der Waals surface area contributed by atoms with E-state index >= 15 is 0 Å². The normalized spacial score (nSPS) is 11.7. The lowest BCUT2D eigenvalue weighted by atomic mass is 9.97. The molecule has 0 aromatic heterocycles. The van der Waals surface area contributed by atoms with E-state index in [2.05, 4.69) is 5.32 Å². The molecule has 0 saturated carbocycles. The van der Waals surface area contributed by atoms with Gasteiger partial charge < -0.3 is 5.32 Å². The number of hydrogen-bond acceptors (Lipinski definition) is 3. The summed E-state index contributed by atoms with van der Waals surface area (Å²) in [5.41, 5.74) is 0.798. The lowest BCUT2D eigenvalue weighted by molar-refractivity contribution is -0.166. The fraction of sp³-hybridized carbons (Fsp3) is 0.0800. The van der Waals surface area contributed by atoms with Crippen LogP contribution in [0.15, 0.2) is 84.4 Å². The van der Waals surface area contributed by atoms with Crippen LogP contribution in [0.5, 0.6) is 0 Å². The fourth-order valence-corrected chi connectivity index (χ4v) is 2.91. The Hall–Kier alpha value is -4.00. The van der Waals surface area contributed by atoms with Gasteiger partial charge in [0.05, 0.1) is 5.57 Å². The Labute approximate surface area is 182 Å². The zero-order valence-corrected chi connectivity index (χ0v) is 16.9. The predicted octanol–water partition coefficient (Wildman–Crippen LogP) is 5.65. The number of anilines is 1. The summed E-state index contributed by atoms with van der Waals surface area (Å²) >= 11 is 0. The van der Waals surface area contributed by atoms with Gasteiger partial charge in [0.15, 0.2) is 5.78 Å². The minimum absolute atomic E-state index is 0.0415. The van der Waals surface area contributed by atoms with Gasteiger partial charge in [-0.1, -0.05) is 60.2 Å². The highest BCUT2D eigenvalue weighted by Gasteiger charge is 2.43. The second-order valence-electron chi connectivity index (χ2n) is 7.03. The molecular formula is C25H18F3NO3. The molecule has 0 unspecified atom stereocenters. The van der Waals surface area contributed by atoms with E-state index in [1.807, 2.05) is 6.92 Å². The molecule has 0 aliphatic heterocycles. The first-order valence-corrected chi connectivity index (χ1v) is 9.56. The Bertz CT molecular complexity index is 1180. The van der Waals surface area contributed by atoms with Gasteiger partial charge in [0.2, 0.25) is 0 Å². The molecule has 4 nitrogen and oxygen atoms in total. The summed E-state index contributed by atoms with van der Waals surface area (Å²) in [6.07, 6.45) is -4.33. The average Bonchev–Trinajstić information content (AvgIpc) is 2.77. The van der Waals surface area contributed by atoms with Gasteiger partial charge in [0.1, 0.15) is 0 Å². The molecule has 0 bridgehead atoms. The first-order valence-electron chi connectivity index (χ1n) is 9.56. The molecule has 162 valence electrons. The molecule has 3 aromatic carbocycles. The van der Waals surface area contributed by atoms with Gasteiger partial charge in [-0.25, -0.2) is 0 Å². The zero-order chi connectivity index (χ0) is 23.3. The van der Waals surface area contributed by atoms with E-state index in [9.17, 15) is 27.6 Å². The van der Waals surface area contributed by atoms with Crippen LogP contribution in [0.3, 0.4) is 0 Å². The number of amides is 1. The highest BCUT2D eigenvalue weighted by Crippen LogP contribution is 2.25. The first kappa shape index (κ1) is 22.7. The maximum Gasteiger partial charge on any atom is 0.455 e. The SMILES string of the molecule is Cc1ccc(C(=O)Nc2cccc(/C=C(/C(=O)c3ccccc3)C(=O)C(F)(F)F)c2)cc1. The molecular weight excluding hydrogens is 419 g/mol. The molecule has 3 rings (SSSR count). The molecule has 7 heteroatoms. The largest absolute Gasteiger partial charge is 0.455 e. The number of carbonyl (C=O) groups excluding carboxylic acids is 3. The van der Waals surface area contributed by atoms with E-state index in [-0.39, 0.29) is 11.1 Å². The van der Waals surface area contributed by atoms with E-state index in [0.29, 0.717) is 11.3 Å². The van der Waals surface area contributed by atoms with Crippen LogP contribution in [0.2, 0.25) is 0 Å². The summed E-state index contributed by atoms with van der Waals surface area (Å²) in [5.74, 6) is -3.68. The van der Waals surface area contributed by atoms with Crippen LogP contribution in [-0.2, 0) is 4.79 Å². The second-order valence-corrected chi connectivity index (χ2v) is 7.03. The molecule has 0 aliphatic rings. The van der Waals surface area contributed by atoms with Crippen LogP contribution in [-0.4, -0.2) is 23.6 Å². The van der Waals surface area contributed by atoms with E-state index in [1.54, 1.807) is 36.4 Å². The van der Waals surface area contributed by atoms with Crippen LogP contribution in [0.1, 0.15) is 31.8 Å². The van der Waals surface area contributed by atoms with Crippen molar-refractivity contribution in [3.05, 3.63) is 107 Å². The lowest BCUT2D eigenvalue weighted by Gasteiger charge is -2.10. The van der Waals surface area contributed by atoms with Gasteiger partial charge in [-0.15, -0.1) is 0 Å². The topological polar surface area (TPSA) is 63.2 Å². The van der Waals surface area contributed by atoms with Crippen LogP contribution >= 0.6 is 0 Å².